The van der Waals surface area contributed by atoms with Gasteiger partial charge in [-0.25, -0.2) is 0 Å². The summed E-state index contributed by atoms with van der Waals surface area (Å²) >= 11 is 0. The molecule has 1 aliphatic heterocycles. The zero-order chi connectivity index (χ0) is 12.4. The highest BCUT2D eigenvalue weighted by molar-refractivity contribution is 5.13. The molecule has 0 saturated carbocycles. The Labute approximate surface area is 107 Å². The fourth-order valence-electron chi connectivity index (χ4n) is 2.60. The predicted molar refractivity (Wildman–Crippen MR) is 67.9 cm³/mol. The second-order valence-electron chi connectivity index (χ2n) is 4.86. The van der Waals surface area contributed by atoms with Crippen molar-refractivity contribution in [2.24, 2.45) is 0 Å². The average molecular weight is 243 g/mol. The van der Waals surface area contributed by atoms with E-state index in [-0.39, 0.29) is 0 Å². The van der Waals surface area contributed by atoms with Crippen LogP contribution in [-0.2, 0) is 6.54 Å². The largest absolute Gasteiger partial charge is 0.359 e. The highest BCUT2D eigenvalue weighted by Gasteiger charge is 2.28. The molecule has 18 heavy (non-hydrogen) atoms. The molecule has 4 nitrogen and oxygen atoms in total. The average Bonchev–Trinajstić information content (AvgIpc) is 2.99. The lowest BCUT2D eigenvalue weighted by Gasteiger charge is -2.21. The molecule has 0 amide bonds. The summed E-state index contributed by atoms with van der Waals surface area (Å²) in [6.45, 7) is 4.00. The summed E-state index contributed by atoms with van der Waals surface area (Å²) in [5, 5.41) is 3.99. The topological polar surface area (TPSA) is 42.2 Å². The van der Waals surface area contributed by atoms with Gasteiger partial charge in [0.2, 0.25) is 0 Å². The minimum atomic E-state index is 0.367. The molecule has 2 aromatic rings. The van der Waals surface area contributed by atoms with Crippen LogP contribution in [0.4, 0.5) is 0 Å². The molecule has 94 valence electrons. The second-order valence-corrected chi connectivity index (χ2v) is 4.86. The van der Waals surface area contributed by atoms with E-state index in [4.69, 9.17) is 4.52 Å². The van der Waals surface area contributed by atoms with E-state index in [1.807, 2.05) is 31.5 Å². The molecule has 2 aromatic heterocycles. The number of rotatable bonds is 3. The highest BCUT2D eigenvalue weighted by atomic mass is 16.5. The molecule has 0 aliphatic carbocycles. The number of likely N-dealkylation sites (tertiary alicyclic amines) is 1. The van der Waals surface area contributed by atoms with Crippen molar-refractivity contribution < 1.29 is 4.52 Å². The van der Waals surface area contributed by atoms with Crippen molar-refractivity contribution in [2.45, 2.75) is 32.4 Å². The Bertz CT molecular complexity index is 509. The van der Waals surface area contributed by atoms with E-state index >= 15 is 0 Å². The molecule has 0 bridgehead atoms. The maximum absolute atomic E-state index is 5.41. The Morgan fingerprint density at radius 1 is 1.50 bits per heavy atom. The molecule has 0 unspecified atom stereocenters. The van der Waals surface area contributed by atoms with Crippen molar-refractivity contribution in [1.29, 1.82) is 0 Å². The lowest BCUT2D eigenvalue weighted by Crippen LogP contribution is -2.22. The van der Waals surface area contributed by atoms with Crippen molar-refractivity contribution in [3.05, 3.63) is 47.6 Å². The van der Waals surface area contributed by atoms with Gasteiger partial charge in [0.25, 0.3) is 0 Å². The van der Waals surface area contributed by atoms with Gasteiger partial charge in [0.05, 0.1) is 11.7 Å². The summed E-state index contributed by atoms with van der Waals surface area (Å²) in [5.74, 6) is 0.994. The molecule has 3 heterocycles. The highest BCUT2D eigenvalue weighted by Crippen LogP contribution is 2.33. The number of hydrogen-bond acceptors (Lipinski definition) is 4. The number of nitrogens with zero attached hydrogens (tertiary/aromatic N) is 3. The first-order valence-electron chi connectivity index (χ1n) is 6.39. The van der Waals surface area contributed by atoms with Crippen LogP contribution in [0.5, 0.6) is 0 Å². The first-order chi connectivity index (χ1) is 8.83. The molecule has 4 heteroatoms. The van der Waals surface area contributed by atoms with Gasteiger partial charge in [0, 0.05) is 25.0 Å². The minimum Gasteiger partial charge on any atom is -0.359 e. The Balaban J connectivity index is 1.75. The van der Waals surface area contributed by atoms with Crippen LogP contribution in [-0.4, -0.2) is 21.6 Å². The van der Waals surface area contributed by atoms with Gasteiger partial charge in [-0.1, -0.05) is 11.2 Å². The first kappa shape index (κ1) is 11.4. The van der Waals surface area contributed by atoms with Crippen LogP contribution >= 0.6 is 0 Å². The molecule has 0 radical (unpaired) electrons. The van der Waals surface area contributed by atoms with Gasteiger partial charge in [-0.3, -0.25) is 9.88 Å². The number of aromatic nitrogens is 2. The van der Waals surface area contributed by atoms with Crippen LogP contribution in [0.3, 0.4) is 0 Å². The molecule has 1 aliphatic rings. The summed E-state index contributed by atoms with van der Waals surface area (Å²) < 4.78 is 5.41. The Kier molecular flexibility index (Phi) is 3.11. The maximum atomic E-state index is 5.41. The first-order valence-corrected chi connectivity index (χ1v) is 6.39. The van der Waals surface area contributed by atoms with E-state index in [0.717, 1.165) is 31.0 Å². The SMILES string of the molecule is Cc1cc([C@H]2CCCN2Cc2cccnc2)on1. The van der Waals surface area contributed by atoms with Gasteiger partial charge in [-0.15, -0.1) is 0 Å². The van der Waals surface area contributed by atoms with Crippen molar-refractivity contribution in [3.63, 3.8) is 0 Å². The van der Waals surface area contributed by atoms with E-state index in [0.29, 0.717) is 6.04 Å². The molecular weight excluding hydrogens is 226 g/mol. The smallest absolute Gasteiger partial charge is 0.154 e. The molecule has 3 rings (SSSR count). The predicted octanol–water partition coefficient (Wildman–Crippen LogP) is 2.72. The molecule has 1 saturated heterocycles. The second kappa shape index (κ2) is 4.90. The quantitative estimate of drug-likeness (QED) is 0.831. The molecule has 0 aromatic carbocycles. The monoisotopic (exact) mass is 243 g/mol. The van der Waals surface area contributed by atoms with Gasteiger partial charge in [0.1, 0.15) is 0 Å². The van der Waals surface area contributed by atoms with E-state index in [1.54, 1.807) is 0 Å². The van der Waals surface area contributed by atoms with Gasteiger partial charge in [0.15, 0.2) is 5.76 Å². The van der Waals surface area contributed by atoms with Gasteiger partial charge in [-0.05, 0) is 37.9 Å². The number of hydrogen-bond donors (Lipinski definition) is 0. The summed E-state index contributed by atoms with van der Waals surface area (Å²) in [6, 6.07) is 6.52. The summed E-state index contributed by atoms with van der Waals surface area (Å²) in [7, 11) is 0. The summed E-state index contributed by atoms with van der Waals surface area (Å²) in [4.78, 5) is 6.61. The van der Waals surface area contributed by atoms with E-state index < -0.39 is 0 Å². The van der Waals surface area contributed by atoms with Crippen LogP contribution in [0.15, 0.2) is 35.1 Å². The van der Waals surface area contributed by atoms with Crippen molar-refractivity contribution in [1.82, 2.24) is 15.0 Å². The fourth-order valence-corrected chi connectivity index (χ4v) is 2.60. The lowest BCUT2D eigenvalue weighted by molar-refractivity contribution is 0.206. The Morgan fingerprint density at radius 2 is 2.44 bits per heavy atom. The van der Waals surface area contributed by atoms with Crippen LogP contribution < -0.4 is 0 Å². The van der Waals surface area contributed by atoms with Gasteiger partial charge < -0.3 is 4.52 Å². The summed E-state index contributed by atoms with van der Waals surface area (Å²) in [5.41, 5.74) is 2.21. The third kappa shape index (κ3) is 2.29. The van der Waals surface area contributed by atoms with E-state index in [2.05, 4.69) is 21.1 Å². The molecule has 1 fully saturated rings. The van der Waals surface area contributed by atoms with Crippen molar-refractivity contribution in [3.8, 4) is 0 Å². The zero-order valence-electron chi connectivity index (χ0n) is 10.5. The zero-order valence-corrected chi connectivity index (χ0v) is 10.5. The third-order valence-corrected chi connectivity index (χ3v) is 3.45. The lowest BCUT2D eigenvalue weighted by atomic mass is 10.1. The number of pyridine rings is 1. The molecule has 1 atom stereocenters. The van der Waals surface area contributed by atoms with Crippen molar-refractivity contribution >= 4 is 0 Å². The fraction of sp³-hybridized carbons (Fsp3) is 0.429. The molecule has 0 spiro atoms. The standard InChI is InChI=1S/C14H17N3O/c1-11-8-14(18-16-11)13-5-3-7-17(13)10-12-4-2-6-15-9-12/h2,4,6,8-9,13H,3,5,7,10H2,1H3/t13-/m1/s1. The Morgan fingerprint density at radius 3 is 3.17 bits per heavy atom. The normalized spacial score (nSPS) is 20.4. The summed E-state index contributed by atoms with van der Waals surface area (Å²) in [6.07, 6.45) is 6.10. The number of aryl methyl sites for hydroxylation is 1. The van der Waals surface area contributed by atoms with Crippen LogP contribution in [0, 0.1) is 6.92 Å². The maximum Gasteiger partial charge on any atom is 0.154 e. The van der Waals surface area contributed by atoms with Gasteiger partial charge >= 0.3 is 0 Å². The third-order valence-electron chi connectivity index (χ3n) is 3.45. The minimum absolute atomic E-state index is 0.367. The van der Waals surface area contributed by atoms with Crippen LogP contribution in [0.1, 0.15) is 35.9 Å². The van der Waals surface area contributed by atoms with Crippen LogP contribution in [0.2, 0.25) is 0 Å². The van der Waals surface area contributed by atoms with Crippen molar-refractivity contribution in [2.75, 3.05) is 6.54 Å². The van der Waals surface area contributed by atoms with Crippen LogP contribution in [0.25, 0.3) is 0 Å². The molecular formula is C14H17N3O. The Hall–Kier alpha value is -1.68. The molecule has 0 N–H and O–H groups in total. The van der Waals surface area contributed by atoms with E-state index in [1.165, 1.54) is 12.0 Å². The van der Waals surface area contributed by atoms with Gasteiger partial charge in [-0.2, -0.15) is 0 Å². The van der Waals surface area contributed by atoms with E-state index in [9.17, 15) is 0 Å².